The van der Waals surface area contributed by atoms with Crippen molar-refractivity contribution in [3.8, 4) is 0 Å². The van der Waals surface area contributed by atoms with Gasteiger partial charge in [0.15, 0.2) is 0 Å². The van der Waals surface area contributed by atoms with Crippen molar-refractivity contribution in [1.82, 2.24) is 5.32 Å². The van der Waals surface area contributed by atoms with E-state index in [2.05, 4.69) is 19.2 Å². The third-order valence-corrected chi connectivity index (χ3v) is 4.77. The third kappa shape index (κ3) is 5.78. The summed E-state index contributed by atoms with van der Waals surface area (Å²) >= 11 is 0. The molecule has 2 heteroatoms. The predicted octanol–water partition coefficient (Wildman–Crippen LogP) is 4.95. The fourth-order valence-corrected chi connectivity index (χ4v) is 3.50. The highest BCUT2D eigenvalue weighted by molar-refractivity contribution is 5.17. The Kier molecular flexibility index (Phi) is 6.69. The maximum Gasteiger partial charge on any atom is 0.123 e. The number of benzene rings is 1. The van der Waals surface area contributed by atoms with Gasteiger partial charge in [-0.3, -0.25) is 0 Å². The van der Waals surface area contributed by atoms with Crippen LogP contribution in [0, 0.1) is 17.7 Å². The van der Waals surface area contributed by atoms with E-state index < -0.39 is 0 Å². The first kappa shape index (κ1) is 16.5. The summed E-state index contributed by atoms with van der Waals surface area (Å²) in [5.41, 5.74) is 1.27. The summed E-state index contributed by atoms with van der Waals surface area (Å²) < 4.78 is 13.1. The lowest BCUT2D eigenvalue weighted by molar-refractivity contribution is 0.278. The Bertz CT molecular complexity index is 391. The molecule has 0 bridgehead atoms. The van der Waals surface area contributed by atoms with Crippen molar-refractivity contribution in [3.63, 3.8) is 0 Å². The monoisotopic (exact) mass is 291 g/mol. The fraction of sp³-hybridized carbons (Fsp3) is 0.684. The second kappa shape index (κ2) is 8.53. The topological polar surface area (TPSA) is 12.0 Å². The molecule has 0 amide bonds. The average molecular weight is 291 g/mol. The Hall–Kier alpha value is -0.890. The maximum atomic E-state index is 13.1. The van der Waals surface area contributed by atoms with E-state index in [1.54, 1.807) is 12.1 Å². The second-order valence-corrected chi connectivity index (χ2v) is 6.91. The van der Waals surface area contributed by atoms with E-state index in [-0.39, 0.29) is 5.82 Å². The van der Waals surface area contributed by atoms with Gasteiger partial charge in [0.05, 0.1) is 0 Å². The van der Waals surface area contributed by atoms with Crippen molar-refractivity contribution in [2.45, 2.75) is 64.8 Å². The molecule has 0 heterocycles. The zero-order valence-corrected chi connectivity index (χ0v) is 13.6. The van der Waals surface area contributed by atoms with Gasteiger partial charge in [0, 0.05) is 6.04 Å². The summed E-state index contributed by atoms with van der Waals surface area (Å²) in [6.07, 6.45) is 9.37. The molecule has 1 atom stereocenters. The van der Waals surface area contributed by atoms with Crippen LogP contribution >= 0.6 is 0 Å². The molecule has 1 aliphatic rings. The van der Waals surface area contributed by atoms with Crippen LogP contribution in [0.4, 0.5) is 4.39 Å². The molecule has 21 heavy (non-hydrogen) atoms. The lowest BCUT2D eigenvalue weighted by atomic mass is 9.82. The zero-order valence-electron chi connectivity index (χ0n) is 13.6. The summed E-state index contributed by atoms with van der Waals surface area (Å²) in [7, 11) is 0. The van der Waals surface area contributed by atoms with Crippen LogP contribution in [0.25, 0.3) is 0 Å². The van der Waals surface area contributed by atoms with Gasteiger partial charge in [0.25, 0.3) is 0 Å². The standard InChI is InChI=1S/C19H30FN/c1-15(2)21-14-18(17-7-5-3-4-6-8-17)13-16-9-11-19(20)12-10-16/h9-12,15,17-18,21H,3-8,13-14H2,1-2H3. The van der Waals surface area contributed by atoms with E-state index in [1.165, 1.54) is 44.1 Å². The van der Waals surface area contributed by atoms with Gasteiger partial charge in [-0.2, -0.15) is 0 Å². The quantitative estimate of drug-likeness (QED) is 0.731. The SMILES string of the molecule is CC(C)NCC(Cc1ccc(F)cc1)C1CCCCCC1. The van der Waals surface area contributed by atoms with Crippen LogP contribution in [-0.4, -0.2) is 12.6 Å². The van der Waals surface area contributed by atoms with Gasteiger partial charge in [-0.05, 0) is 42.5 Å². The number of nitrogens with one attached hydrogen (secondary N) is 1. The van der Waals surface area contributed by atoms with Gasteiger partial charge >= 0.3 is 0 Å². The van der Waals surface area contributed by atoms with Crippen molar-refractivity contribution in [2.24, 2.45) is 11.8 Å². The van der Waals surface area contributed by atoms with Crippen LogP contribution in [0.3, 0.4) is 0 Å². The number of hydrogen-bond donors (Lipinski definition) is 1. The molecule has 1 nitrogen and oxygen atoms in total. The van der Waals surface area contributed by atoms with Gasteiger partial charge in [-0.1, -0.05) is 64.5 Å². The highest BCUT2D eigenvalue weighted by atomic mass is 19.1. The smallest absolute Gasteiger partial charge is 0.123 e. The summed E-state index contributed by atoms with van der Waals surface area (Å²) in [5, 5.41) is 3.62. The molecule has 1 N–H and O–H groups in total. The molecule has 1 aromatic rings. The molecule has 0 spiro atoms. The zero-order chi connectivity index (χ0) is 15.1. The molecule has 2 rings (SSSR count). The van der Waals surface area contributed by atoms with E-state index in [0.29, 0.717) is 12.0 Å². The lowest BCUT2D eigenvalue weighted by Crippen LogP contribution is -2.33. The molecule has 1 unspecified atom stereocenters. The van der Waals surface area contributed by atoms with Crippen molar-refractivity contribution >= 4 is 0 Å². The first-order chi connectivity index (χ1) is 10.1. The minimum absolute atomic E-state index is 0.134. The normalized spacial score (nSPS) is 18.7. The van der Waals surface area contributed by atoms with Crippen molar-refractivity contribution < 1.29 is 4.39 Å². The Morgan fingerprint density at radius 3 is 2.24 bits per heavy atom. The molecule has 1 aromatic carbocycles. The molecular formula is C19H30FN. The fourth-order valence-electron chi connectivity index (χ4n) is 3.50. The van der Waals surface area contributed by atoms with Crippen molar-refractivity contribution in [3.05, 3.63) is 35.6 Å². The number of hydrogen-bond acceptors (Lipinski definition) is 1. The van der Waals surface area contributed by atoms with Crippen molar-refractivity contribution in [2.75, 3.05) is 6.54 Å². The maximum absolute atomic E-state index is 13.1. The average Bonchev–Trinajstić information content (AvgIpc) is 2.74. The Labute approximate surface area is 129 Å². The molecule has 0 radical (unpaired) electrons. The van der Waals surface area contributed by atoms with Gasteiger partial charge in [-0.25, -0.2) is 4.39 Å². The molecular weight excluding hydrogens is 261 g/mol. The van der Waals surface area contributed by atoms with Crippen molar-refractivity contribution in [1.29, 1.82) is 0 Å². The van der Waals surface area contributed by atoms with E-state index >= 15 is 0 Å². The molecule has 0 aliphatic heterocycles. The molecule has 1 saturated carbocycles. The van der Waals surface area contributed by atoms with Gasteiger partial charge in [-0.15, -0.1) is 0 Å². The minimum Gasteiger partial charge on any atom is -0.314 e. The molecule has 118 valence electrons. The van der Waals surface area contributed by atoms with E-state index in [9.17, 15) is 4.39 Å². The lowest BCUT2D eigenvalue weighted by Gasteiger charge is -2.27. The van der Waals surface area contributed by atoms with Gasteiger partial charge in [0.1, 0.15) is 5.82 Å². The third-order valence-electron chi connectivity index (χ3n) is 4.77. The Morgan fingerprint density at radius 1 is 1.05 bits per heavy atom. The summed E-state index contributed by atoms with van der Waals surface area (Å²) in [4.78, 5) is 0. The summed E-state index contributed by atoms with van der Waals surface area (Å²) in [6.45, 7) is 5.50. The number of halogens is 1. The van der Waals surface area contributed by atoms with E-state index in [0.717, 1.165) is 18.9 Å². The Morgan fingerprint density at radius 2 is 1.67 bits per heavy atom. The van der Waals surface area contributed by atoms with Crippen LogP contribution in [0.5, 0.6) is 0 Å². The Balaban J connectivity index is 2.01. The highest BCUT2D eigenvalue weighted by Gasteiger charge is 2.23. The summed E-state index contributed by atoms with van der Waals surface area (Å²) in [5.74, 6) is 1.37. The van der Waals surface area contributed by atoms with Gasteiger partial charge in [0.2, 0.25) is 0 Å². The molecule has 0 saturated heterocycles. The van der Waals surface area contributed by atoms with E-state index in [4.69, 9.17) is 0 Å². The van der Waals surface area contributed by atoms with Gasteiger partial charge < -0.3 is 5.32 Å². The van der Waals surface area contributed by atoms with Crippen LogP contribution in [0.1, 0.15) is 57.9 Å². The molecule has 1 aliphatic carbocycles. The van der Waals surface area contributed by atoms with E-state index in [1.807, 2.05) is 12.1 Å². The first-order valence-corrected chi connectivity index (χ1v) is 8.63. The van der Waals surface area contributed by atoms with Crippen LogP contribution in [-0.2, 0) is 6.42 Å². The summed E-state index contributed by atoms with van der Waals surface area (Å²) in [6, 6.07) is 7.62. The highest BCUT2D eigenvalue weighted by Crippen LogP contribution is 2.31. The minimum atomic E-state index is -0.134. The second-order valence-electron chi connectivity index (χ2n) is 6.91. The van der Waals surface area contributed by atoms with Crippen LogP contribution in [0.15, 0.2) is 24.3 Å². The molecule has 1 fully saturated rings. The first-order valence-electron chi connectivity index (χ1n) is 8.63. The predicted molar refractivity (Wildman–Crippen MR) is 87.9 cm³/mol. The number of rotatable bonds is 6. The van der Waals surface area contributed by atoms with Crippen LogP contribution in [0.2, 0.25) is 0 Å². The molecule has 0 aromatic heterocycles. The largest absolute Gasteiger partial charge is 0.314 e. The van der Waals surface area contributed by atoms with Crippen LogP contribution < -0.4 is 5.32 Å².